The van der Waals surface area contributed by atoms with Gasteiger partial charge in [-0.3, -0.25) is 24.2 Å². The first-order valence-corrected chi connectivity index (χ1v) is 24.4. The van der Waals surface area contributed by atoms with E-state index in [1.165, 1.54) is 27.6 Å². The van der Waals surface area contributed by atoms with Gasteiger partial charge in [0.2, 0.25) is 5.91 Å². The van der Waals surface area contributed by atoms with Gasteiger partial charge >= 0.3 is 0 Å². The molecule has 4 aliphatic heterocycles. The van der Waals surface area contributed by atoms with Gasteiger partial charge < -0.3 is 44.3 Å². The van der Waals surface area contributed by atoms with Gasteiger partial charge in [-0.2, -0.15) is 0 Å². The number of aryl methyl sites for hydroxylation is 1. The van der Waals surface area contributed by atoms with E-state index in [0.29, 0.717) is 64.9 Å². The van der Waals surface area contributed by atoms with E-state index in [0.717, 1.165) is 89.7 Å². The molecule has 5 aromatic heterocycles. The number of aromatic nitrogens is 5. The number of fused-ring (bicyclic) bond motifs is 3. The monoisotopic (exact) mass is 937 g/mol. The summed E-state index contributed by atoms with van der Waals surface area (Å²) >= 11 is 0. The lowest BCUT2D eigenvalue weighted by Crippen LogP contribution is -2.57. The first kappa shape index (κ1) is 46.2. The molecule has 0 bridgehead atoms. The Morgan fingerprint density at radius 1 is 0.928 bits per heavy atom. The second-order valence-corrected chi connectivity index (χ2v) is 20.2. The lowest BCUT2D eigenvalue weighted by atomic mass is 9.90. The van der Waals surface area contributed by atoms with Crippen LogP contribution in [0.4, 0.5) is 40.2 Å². The number of ether oxygens (including phenoxy) is 1. The summed E-state index contributed by atoms with van der Waals surface area (Å²) in [7, 11) is 1.67. The van der Waals surface area contributed by atoms with E-state index < -0.39 is 0 Å². The number of aliphatic hydroxyl groups is 1. The van der Waals surface area contributed by atoms with Gasteiger partial charge in [0.25, 0.3) is 11.5 Å². The van der Waals surface area contributed by atoms with Gasteiger partial charge in [-0.25, -0.2) is 15.0 Å². The summed E-state index contributed by atoms with van der Waals surface area (Å²) in [4.78, 5) is 66.2. The standard InChI is InChI=1S/C52H64N12O5/c1-7-48(66)57-41-25-46(55-28-45(41)61-17-16-60(29-33(61)2)37-10-14-59(15-11-37)38-8-12-53-47(24-38)62-20-21-69-32-34(62)3)56-42-22-36(30-58(6)50(42)67)39-9-13-54-49(40(39)31-65)64-19-18-63-43(51(64)68)23-35-26-52(4,5)27-44(35)63/h7-9,12-13,22-25,28,30,33-34,37,65H,1,10-11,14-21,26-27,29,31-32H2,2-6H3,(H2,55,56,57,66)/t33-,34-/m0/s1. The number of hydrogen-bond donors (Lipinski definition) is 3. The number of hydrogen-bond acceptors (Lipinski definition) is 13. The molecule has 69 heavy (non-hydrogen) atoms. The smallest absolute Gasteiger partial charge is 0.276 e. The predicted octanol–water partition coefficient (Wildman–Crippen LogP) is 5.59. The van der Waals surface area contributed by atoms with Crippen molar-refractivity contribution in [1.82, 2.24) is 29.0 Å². The van der Waals surface area contributed by atoms with Crippen LogP contribution in [0.1, 0.15) is 67.8 Å². The molecule has 3 saturated heterocycles. The molecule has 17 heteroatoms. The number of aliphatic hydroxyl groups excluding tert-OH is 1. The van der Waals surface area contributed by atoms with Crippen LogP contribution in [0.3, 0.4) is 0 Å². The highest BCUT2D eigenvalue weighted by atomic mass is 16.5. The third kappa shape index (κ3) is 8.98. The number of piperazine rings is 1. The lowest BCUT2D eigenvalue weighted by Gasteiger charge is -2.47. The number of nitrogens with zero attached hydrogens (tertiary/aromatic N) is 10. The van der Waals surface area contributed by atoms with E-state index >= 15 is 0 Å². The number of carbonyl (C=O) groups is 2. The van der Waals surface area contributed by atoms with Gasteiger partial charge in [0.1, 0.15) is 28.8 Å². The molecule has 1 aliphatic carbocycles. The fourth-order valence-corrected chi connectivity index (χ4v) is 11.4. The van der Waals surface area contributed by atoms with E-state index in [4.69, 9.17) is 14.7 Å². The van der Waals surface area contributed by atoms with Crippen molar-refractivity contribution in [1.29, 1.82) is 0 Å². The van der Waals surface area contributed by atoms with Gasteiger partial charge in [-0.1, -0.05) is 20.4 Å². The summed E-state index contributed by atoms with van der Waals surface area (Å²) in [5.74, 6) is 1.27. The van der Waals surface area contributed by atoms with Crippen LogP contribution in [-0.4, -0.2) is 123 Å². The molecule has 0 radical (unpaired) electrons. The van der Waals surface area contributed by atoms with Crippen molar-refractivity contribution < 1.29 is 19.4 Å². The fourth-order valence-electron chi connectivity index (χ4n) is 11.4. The number of anilines is 7. The molecule has 3 fully saturated rings. The van der Waals surface area contributed by atoms with Crippen molar-refractivity contribution in [2.75, 3.05) is 89.3 Å². The van der Waals surface area contributed by atoms with Crippen LogP contribution in [0.2, 0.25) is 0 Å². The second-order valence-electron chi connectivity index (χ2n) is 20.2. The molecule has 17 nitrogen and oxygen atoms in total. The van der Waals surface area contributed by atoms with E-state index in [2.05, 4.69) is 86.2 Å². The third-order valence-electron chi connectivity index (χ3n) is 14.9. The van der Waals surface area contributed by atoms with E-state index in [9.17, 15) is 19.5 Å². The van der Waals surface area contributed by atoms with E-state index in [1.807, 2.05) is 12.3 Å². The highest BCUT2D eigenvalue weighted by Gasteiger charge is 2.38. The molecular formula is C52H64N12O5. The minimum atomic E-state index is -0.372. The number of nitrogens with one attached hydrogen (secondary N) is 2. The van der Waals surface area contributed by atoms with Crippen LogP contribution in [0, 0.1) is 5.41 Å². The van der Waals surface area contributed by atoms with Gasteiger partial charge in [-0.15, -0.1) is 0 Å². The molecule has 5 aromatic rings. The Labute approximate surface area is 403 Å². The number of amides is 2. The lowest BCUT2D eigenvalue weighted by molar-refractivity contribution is -0.111. The van der Waals surface area contributed by atoms with Crippen molar-refractivity contribution >= 4 is 52.0 Å². The zero-order valence-electron chi connectivity index (χ0n) is 40.4. The second kappa shape index (κ2) is 18.7. The third-order valence-corrected chi connectivity index (χ3v) is 14.9. The van der Waals surface area contributed by atoms with Crippen molar-refractivity contribution in [3.05, 3.63) is 107 Å². The number of carbonyl (C=O) groups excluding carboxylic acids is 2. The van der Waals surface area contributed by atoms with Crippen molar-refractivity contribution in [2.24, 2.45) is 12.5 Å². The quantitative estimate of drug-likeness (QED) is 0.140. The maximum Gasteiger partial charge on any atom is 0.276 e. The first-order valence-electron chi connectivity index (χ1n) is 24.4. The minimum absolute atomic E-state index is 0.129. The maximum atomic E-state index is 14.1. The number of pyridine rings is 4. The summed E-state index contributed by atoms with van der Waals surface area (Å²) < 4.78 is 9.29. The molecule has 2 amide bonds. The number of rotatable bonds is 11. The average molecular weight is 937 g/mol. The highest BCUT2D eigenvalue weighted by molar-refractivity contribution is 6.06. The SMILES string of the molecule is C=CC(=O)Nc1cc(Nc2cc(-c3ccnc(N4CCn5c(cc6c5CC(C)(C)C6)C4=O)c3CO)cn(C)c2=O)ncc1N1CCN(C2CCN(c3ccnc(N4CCOC[C@@H]4C)c3)CC2)C[C@@H]1C. The van der Waals surface area contributed by atoms with Crippen molar-refractivity contribution in [3.8, 4) is 11.1 Å². The van der Waals surface area contributed by atoms with Crippen molar-refractivity contribution in [3.63, 3.8) is 0 Å². The van der Waals surface area contributed by atoms with Gasteiger partial charge in [0.15, 0.2) is 0 Å². The molecule has 5 aliphatic rings. The fraction of sp³-hybridized carbons (Fsp3) is 0.462. The Morgan fingerprint density at radius 2 is 1.74 bits per heavy atom. The Morgan fingerprint density at radius 3 is 2.51 bits per heavy atom. The molecule has 362 valence electrons. The van der Waals surface area contributed by atoms with Crippen LogP contribution in [0.25, 0.3) is 11.1 Å². The van der Waals surface area contributed by atoms with Crippen LogP contribution in [-0.2, 0) is 42.6 Å². The van der Waals surface area contributed by atoms with E-state index in [-0.39, 0.29) is 41.1 Å². The molecular weight excluding hydrogens is 873 g/mol. The molecule has 10 rings (SSSR count). The summed E-state index contributed by atoms with van der Waals surface area (Å²) in [5, 5.41) is 17.1. The molecule has 0 aromatic carbocycles. The Kier molecular flexibility index (Phi) is 12.5. The van der Waals surface area contributed by atoms with Gasteiger partial charge in [-0.05, 0) is 86.4 Å². The summed E-state index contributed by atoms with van der Waals surface area (Å²) in [6.07, 6.45) is 12.3. The molecule has 9 heterocycles. The van der Waals surface area contributed by atoms with Crippen LogP contribution in [0.15, 0.2) is 78.6 Å². The number of piperidine rings is 1. The van der Waals surface area contributed by atoms with Gasteiger partial charge in [0.05, 0.1) is 43.4 Å². The highest BCUT2D eigenvalue weighted by Crippen LogP contribution is 2.41. The molecule has 3 N–H and O–H groups in total. The average Bonchev–Trinajstić information content (AvgIpc) is 3.85. The van der Waals surface area contributed by atoms with Crippen molar-refractivity contribution in [2.45, 2.75) is 84.7 Å². The zero-order chi connectivity index (χ0) is 48.1. The molecule has 0 saturated carbocycles. The maximum absolute atomic E-state index is 14.1. The minimum Gasteiger partial charge on any atom is -0.392 e. The first-order chi connectivity index (χ1) is 33.3. The van der Waals surface area contributed by atoms with E-state index in [1.54, 1.807) is 48.7 Å². The Hall–Kier alpha value is -6.56. The summed E-state index contributed by atoms with van der Waals surface area (Å²) in [6.45, 7) is 20.0. The Bertz CT molecular complexity index is 2850. The summed E-state index contributed by atoms with van der Waals surface area (Å²) in [5.41, 5.74) is 7.55. The van der Waals surface area contributed by atoms with Crippen LogP contribution >= 0.6 is 0 Å². The predicted molar refractivity (Wildman–Crippen MR) is 270 cm³/mol. The normalized spacial score (nSPS) is 20.8. The largest absolute Gasteiger partial charge is 0.392 e. The zero-order valence-corrected chi connectivity index (χ0v) is 40.4. The van der Waals surface area contributed by atoms with Crippen LogP contribution in [0.5, 0.6) is 0 Å². The summed E-state index contributed by atoms with van der Waals surface area (Å²) in [6, 6.07) is 12.5. The number of morpholine rings is 1. The Balaban J connectivity index is 0.838. The molecule has 0 unspecified atom stereocenters. The molecule has 2 atom stereocenters. The van der Waals surface area contributed by atoms with Crippen LogP contribution < -0.4 is 35.8 Å². The van der Waals surface area contributed by atoms with Gasteiger partial charge in [0, 0.05) is 125 Å². The topological polar surface area (TPSA) is 169 Å². The molecule has 0 spiro atoms.